The predicted octanol–water partition coefficient (Wildman–Crippen LogP) is 6.55. The van der Waals surface area contributed by atoms with Crippen LogP contribution >= 0.6 is 11.6 Å². The van der Waals surface area contributed by atoms with Crippen molar-refractivity contribution in [2.45, 2.75) is 57.4 Å². The third kappa shape index (κ3) is 5.29. The molecule has 4 saturated carbocycles. The van der Waals surface area contributed by atoms with Crippen molar-refractivity contribution in [1.82, 2.24) is 9.80 Å². The maximum absolute atomic E-state index is 13.6. The lowest BCUT2D eigenvalue weighted by Crippen LogP contribution is -2.56. The van der Waals surface area contributed by atoms with Crippen LogP contribution in [0.4, 0.5) is 0 Å². The number of carbonyl (C=O) groups excluding carboxylic acids is 1. The van der Waals surface area contributed by atoms with Crippen molar-refractivity contribution < 1.29 is 9.53 Å². The third-order valence-electron chi connectivity index (χ3n) is 9.61. The molecule has 5 fully saturated rings. The van der Waals surface area contributed by atoms with Gasteiger partial charge in [0.15, 0.2) is 0 Å². The molecule has 5 heteroatoms. The van der Waals surface area contributed by atoms with E-state index in [1.165, 1.54) is 32.1 Å². The summed E-state index contributed by atoms with van der Waals surface area (Å²) in [4.78, 5) is 18.0. The van der Waals surface area contributed by atoms with Crippen molar-refractivity contribution in [1.29, 1.82) is 0 Å². The Morgan fingerprint density at radius 3 is 2.27 bits per heavy atom. The summed E-state index contributed by atoms with van der Waals surface area (Å²) in [5.74, 6) is 4.77. The number of ether oxygens (including phenoxy) is 1. The smallest absolute Gasteiger partial charge is 0.226 e. The first kappa shape index (κ1) is 25.2. The van der Waals surface area contributed by atoms with Gasteiger partial charge >= 0.3 is 0 Å². The highest BCUT2D eigenvalue weighted by Gasteiger charge is 2.52. The van der Waals surface area contributed by atoms with Crippen LogP contribution in [0.25, 0.3) is 11.1 Å². The maximum atomic E-state index is 13.6. The van der Waals surface area contributed by atoms with Crippen molar-refractivity contribution in [2.24, 2.45) is 29.6 Å². The van der Waals surface area contributed by atoms with Crippen LogP contribution in [0.5, 0.6) is 5.75 Å². The Balaban J connectivity index is 1.06. The van der Waals surface area contributed by atoms with Gasteiger partial charge < -0.3 is 14.5 Å². The molecule has 198 valence electrons. The molecule has 1 unspecified atom stereocenters. The number of halogens is 1. The van der Waals surface area contributed by atoms with E-state index in [1.54, 1.807) is 0 Å². The second-order valence-corrected chi connectivity index (χ2v) is 12.9. The van der Waals surface area contributed by atoms with Crippen molar-refractivity contribution >= 4 is 17.5 Å². The fourth-order valence-corrected chi connectivity index (χ4v) is 8.38. The molecule has 2 aromatic rings. The summed E-state index contributed by atoms with van der Waals surface area (Å²) in [7, 11) is 4.16. The first-order chi connectivity index (χ1) is 17.9. The summed E-state index contributed by atoms with van der Waals surface area (Å²) in [5, 5.41) is 0.766. The van der Waals surface area contributed by atoms with Crippen molar-refractivity contribution in [3.63, 3.8) is 0 Å². The predicted molar refractivity (Wildman–Crippen MR) is 150 cm³/mol. The standard InChI is InChI=1S/C32H41ClN2O2/c1-34(2)11-3-13-37-29-8-6-23(7-9-29)24-4-5-25(30(33)20-24)19-26-10-12-35(32(26)36)31-27-15-21-14-22(17-27)18-28(31)16-21/h4-9,20-22,26-28,31H,3,10-19H2,1-2H3. The number of likely N-dealkylation sites (tertiary alicyclic amines) is 1. The van der Waals surface area contributed by atoms with Crippen molar-refractivity contribution in [3.05, 3.63) is 53.1 Å². The fourth-order valence-electron chi connectivity index (χ4n) is 8.13. The normalized spacial score (nSPS) is 30.5. The number of nitrogens with zero attached hydrogens (tertiary/aromatic N) is 2. The maximum Gasteiger partial charge on any atom is 0.226 e. The van der Waals surface area contributed by atoms with E-state index in [-0.39, 0.29) is 5.92 Å². The molecule has 1 saturated heterocycles. The molecule has 0 aromatic heterocycles. The van der Waals surface area contributed by atoms with Gasteiger partial charge in [-0.3, -0.25) is 4.79 Å². The van der Waals surface area contributed by atoms with Gasteiger partial charge in [0.05, 0.1) is 6.61 Å². The van der Waals surface area contributed by atoms with Crippen molar-refractivity contribution in [2.75, 3.05) is 33.8 Å². The topological polar surface area (TPSA) is 32.8 Å². The van der Waals surface area contributed by atoms with Gasteiger partial charge in [-0.25, -0.2) is 0 Å². The number of hydrogen-bond donors (Lipinski definition) is 0. The van der Waals surface area contributed by atoms with E-state index in [9.17, 15) is 4.79 Å². The summed E-state index contributed by atoms with van der Waals surface area (Å²) in [6, 6.07) is 15.1. The molecule has 5 aliphatic rings. The van der Waals surface area contributed by atoms with Crippen LogP contribution in [0.2, 0.25) is 5.02 Å². The monoisotopic (exact) mass is 520 g/mol. The SMILES string of the molecule is CN(C)CCCOc1ccc(-c2ccc(CC3CCN(C4C5CC6CC(C5)CC4C6)C3=O)c(Cl)c2)cc1. The Morgan fingerprint density at radius 2 is 1.62 bits per heavy atom. The van der Waals surface area contributed by atoms with Gasteiger partial charge in [-0.1, -0.05) is 35.9 Å². The molecule has 0 N–H and O–H groups in total. The minimum absolute atomic E-state index is 0.0736. The largest absolute Gasteiger partial charge is 0.494 e. The number of benzene rings is 2. The highest BCUT2D eigenvalue weighted by molar-refractivity contribution is 6.31. The van der Waals surface area contributed by atoms with Crippen LogP contribution in [0.1, 0.15) is 50.5 Å². The molecule has 4 bridgehead atoms. The summed E-state index contributed by atoms with van der Waals surface area (Å²) in [6.07, 6.45) is 9.64. The van der Waals surface area contributed by atoms with Gasteiger partial charge in [-0.15, -0.1) is 0 Å². The zero-order valence-corrected chi connectivity index (χ0v) is 23.1. The summed E-state index contributed by atoms with van der Waals surface area (Å²) >= 11 is 6.78. The average Bonchev–Trinajstić information content (AvgIpc) is 3.22. The van der Waals surface area contributed by atoms with Gasteiger partial charge in [-0.05, 0) is 124 Å². The lowest BCUT2D eigenvalue weighted by Gasteiger charge is -2.56. The molecule has 1 heterocycles. The average molecular weight is 521 g/mol. The number of hydrogen-bond acceptors (Lipinski definition) is 3. The Bertz CT molecular complexity index is 1090. The Kier molecular flexibility index (Phi) is 7.24. The number of rotatable bonds is 9. The highest BCUT2D eigenvalue weighted by Crippen LogP contribution is 2.55. The van der Waals surface area contributed by atoms with Gasteiger partial charge in [-0.2, -0.15) is 0 Å². The zero-order chi connectivity index (χ0) is 25.5. The molecule has 7 rings (SSSR count). The molecular weight excluding hydrogens is 480 g/mol. The number of amides is 1. The van der Waals surface area contributed by atoms with Gasteiger partial charge in [0.2, 0.25) is 5.91 Å². The van der Waals surface area contributed by atoms with Gasteiger partial charge in [0.1, 0.15) is 5.75 Å². The molecule has 4 aliphatic carbocycles. The Morgan fingerprint density at radius 1 is 0.946 bits per heavy atom. The minimum Gasteiger partial charge on any atom is -0.494 e. The van der Waals surface area contributed by atoms with Crippen LogP contribution in [0, 0.1) is 29.6 Å². The van der Waals surface area contributed by atoms with E-state index < -0.39 is 0 Å². The first-order valence-corrected chi connectivity index (χ1v) is 14.8. The molecule has 1 aliphatic heterocycles. The van der Waals surface area contributed by atoms with E-state index in [0.717, 1.165) is 90.1 Å². The van der Waals surface area contributed by atoms with Crippen LogP contribution in [0.3, 0.4) is 0 Å². The Labute approximate surface area is 227 Å². The van der Waals surface area contributed by atoms with E-state index in [2.05, 4.69) is 54.2 Å². The van der Waals surface area contributed by atoms with Crippen LogP contribution in [0.15, 0.2) is 42.5 Å². The minimum atomic E-state index is 0.0736. The zero-order valence-electron chi connectivity index (χ0n) is 22.4. The quantitative estimate of drug-likeness (QED) is 0.351. The van der Waals surface area contributed by atoms with Crippen LogP contribution in [-0.2, 0) is 11.2 Å². The summed E-state index contributed by atoms with van der Waals surface area (Å²) < 4.78 is 5.87. The van der Waals surface area contributed by atoms with Crippen LogP contribution in [-0.4, -0.2) is 55.5 Å². The van der Waals surface area contributed by atoms with Crippen LogP contribution < -0.4 is 4.74 Å². The molecule has 0 radical (unpaired) electrons. The molecule has 1 amide bonds. The molecule has 1 atom stereocenters. The van der Waals surface area contributed by atoms with Gasteiger partial charge in [0, 0.05) is 30.1 Å². The molecule has 0 spiro atoms. The molecule has 37 heavy (non-hydrogen) atoms. The lowest BCUT2D eigenvalue weighted by molar-refractivity contribution is -0.141. The van der Waals surface area contributed by atoms with Gasteiger partial charge in [0.25, 0.3) is 0 Å². The molecule has 4 nitrogen and oxygen atoms in total. The number of carbonyl (C=O) groups is 1. The summed E-state index contributed by atoms with van der Waals surface area (Å²) in [6.45, 7) is 2.68. The second kappa shape index (κ2) is 10.6. The molecule has 2 aromatic carbocycles. The third-order valence-corrected chi connectivity index (χ3v) is 9.96. The second-order valence-electron chi connectivity index (χ2n) is 12.5. The lowest BCUT2D eigenvalue weighted by atomic mass is 9.54. The Hall–Kier alpha value is -2.04. The van der Waals surface area contributed by atoms with E-state index in [4.69, 9.17) is 16.3 Å². The fraction of sp³-hybridized carbons (Fsp3) is 0.594. The van der Waals surface area contributed by atoms with E-state index in [0.29, 0.717) is 11.9 Å². The summed E-state index contributed by atoms with van der Waals surface area (Å²) in [5.41, 5.74) is 3.32. The van der Waals surface area contributed by atoms with Crippen molar-refractivity contribution in [3.8, 4) is 16.9 Å². The first-order valence-electron chi connectivity index (χ1n) is 14.4. The highest BCUT2D eigenvalue weighted by atomic mass is 35.5. The van der Waals surface area contributed by atoms with E-state index in [1.807, 2.05) is 12.1 Å². The molecular formula is C32H41ClN2O2. The van der Waals surface area contributed by atoms with E-state index >= 15 is 0 Å².